The highest BCUT2D eigenvalue weighted by Crippen LogP contribution is 2.39. The quantitative estimate of drug-likeness (QED) is 0.485. The Morgan fingerprint density at radius 3 is 2.85 bits per heavy atom. The topological polar surface area (TPSA) is 72.7 Å². The Labute approximate surface area is 121 Å². The number of nitrogens with zero attached hydrogens (tertiary/aromatic N) is 2. The molecule has 110 valence electrons. The fourth-order valence-corrected chi connectivity index (χ4v) is 3.48. The van der Waals surface area contributed by atoms with Crippen LogP contribution >= 0.6 is 11.3 Å². The van der Waals surface area contributed by atoms with Gasteiger partial charge in [-0.2, -0.15) is 0 Å². The molecule has 2 rings (SSSR count). The maximum atomic E-state index is 11.4. The summed E-state index contributed by atoms with van der Waals surface area (Å²) in [6.07, 6.45) is 0.981. The SMILES string of the molecule is COC1CN(c2sc(C(C)=O)cc2[N+](=O)[O-])CCC1C. The van der Waals surface area contributed by atoms with Gasteiger partial charge in [0, 0.05) is 26.3 Å². The highest BCUT2D eigenvalue weighted by Gasteiger charge is 2.32. The van der Waals surface area contributed by atoms with Gasteiger partial charge in [0.05, 0.1) is 15.9 Å². The highest BCUT2D eigenvalue weighted by atomic mass is 32.1. The zero-order chi connectivity index (χ0) is 14.9. The number of hydrogen-bond acceptors (Lipinski definition) is 6. The second kappa shape index (κ2) is 5.88. The molecule has 0 saturated carbocycles. The van der Waals surface area contributed by atoms with Gasteiger partial charge in [0.2, 0.25) is 0 Å². The molecule has 0 spiro atoms. The average Bonchev–Trinajstić information content (AvgIpc) is 2.84. The molecule has 0 radical (unpaired) electrons. The molecule has 7 heteroatoms. The van der Waals surface area contributed by atoms with Crippen LogP contribution < -0.4 is 4.90 Å². The summed E-state index contributed by atoms with van der Waals surface area (Å²) in [5.41, 5.74) is 0.0182. The van der Waals surface area contributed by atoms with Crippen molar-refractivity contribution in [2.24, 2.45) is 5.92 Å². The first-order valence-electron chi connectivity index (χ1n) is 6.51. The van der Waals surface area contributed by atoms with Gasteiger partial charge in [-0.25, -0.2) is 0 Å². The maximum Gasteiger partial charge on any atom is 0.304 e. The molecule has 0 N–H and O–H groups in total. The second-order valence-electron chi connectivity index (χ2n) is 5.10. The van der Waals surface area contributed by atoms with Gasteiger partial charge in [0.1, 0.15) is 0 Å². The summed E-state index contributed by atoms with van der Waals surface area (Å²) in [5, 5.41) is 11.7. The van der Waals surface area contributed by atoms with Crippen LogP contribution in [0.25, 0.3) is 0 Å². The molecule has 1 saturated heterocycles. The van der Waals surface area contributed by atoms with Crippen LogP contribution in [-0.4, -0.2) is 37.0 Å². The number of Topliss-reactive ketones (excluding diaryl/α,β-unsaturated/α-hetero) is 1. The molecular weight excluding hydrogens is 280 g/mol. The standard InChI is InChI=1S/C13H18N2O4S/c1-8-4-5-14(7-11(8)19-3)13-10(15(17)18)6-12(20-13)9(2)16/h6,8,11H,4-5,7H2,1-3H3. The van der Waals surface area contributed by atoms with Crippen molar-refractivity contribution in [1.29, 1.82) is 0 Å². The third kappa shape index (κ3) is 2.83. The summed E-state index contributed by atoms with van der Waals surface area (Å²) in [5.74, 6) is 0.292. The lowest BCUT2D eigenvalue weighted by Crippen LogP contribution is -2.43. The Bertz CT molecular complexity index is 528. The first-order valence-corrected chi connectivity index (χ1v) is 7.32. The van der Waals surface area contributed by atoms with Crippen molar-refractivity contribution in [3.8, 4) is 0 Å². The van der Waals surface area contributed by atoms with Crippen LogP contribution in [-0.2, 0) is 4.74 Å². The fourth-order valence-electron chi connectivity index (χ4n) is 2.43. The summed E-state index contributed by atoms with van der Waals surface area (Å²) in [7, 11) is 1.66. The van der Waals surface area contributed by atoms with Crippen molar-refractivity contribution in [3.63, 3.8) is 0 Å². The molecular formula is C13H18N2O4S. The number of carbonyl (C=O) groups is 1. The van der Waals surface area contributed by atoms with Gasteiger partial charge < -0.3 is 9.64 Å². The Kier molecular flexibility index (Phi) is 4.39. The van der Waals surface area contributed by atoms with Crippen molar-refractivity contribution in [2.75, 3.05) is 25.1 Å². The monoisotopic (exact) mass is 298 g/mol. The number of piperidine rings is 1. The van der Waals surface area contributed by atoms with Gasteiger partial charge in [-0.15, -0.1) is 11.3 Å². The van der Waals surface area contributed by atoms with Gasteiger partial charge in [0.25, 0.3) is 0 Å². The largest absolute Gasteiger partial charge is 0.379 e. The fraction of sp³-hybridized carbons (Fsp3) is 0.615. The lowest BCUT2D eigenvalue weighted by Gasteiger charge is -2.36. The number of anilines is 1. The number of ether oxygens (including phenoxy) is 1. The zero-order valence-electron chi connectivity index (χ0n) is 11.8. The molecule has 0 amide bonds. The highest BCUT2D eigenvalue weighted by molar-refractivity contribution is 7.18. The number of ketones is 1. The number of methoxy groups -OCH3 is 1. The Hall–Kier alpha value is -1.47. The zero-order valence-corrected chi connectivity index (χ0v) is 12.6. The van der Waals surface area contributed by atoms with E-state index in [9.17, 15) is 14.9 Å². The number of carbonyl (C=O) groups excluding carboxylic acids is 1. The molecule has 1 fully saturated rings. The summed E-state index contributed by atoms with van der Waals surface area (Å²) in [6, 6.07) is 1.38. The Balaban J connectivity index is 2.31. The molecule has 6 nitrogen and oxygen atoms in total. The number of rotatable bonds is 4. The third-order valence-corrected chi connectivity index (χ3v) is 5.00. The molecule has 2 atom stereocenters. The van der Waals surface area contributed by atoms with Crippen molar-refractivity contribution in [2.45, 2.75) is 26.4 Å². The minimum Gasteiger partial charge on any atom is -0.379 e. The second-order valence-corrected chi connectivity index (χ2v) is 6.13. The average molecular weight is 298 g/mol. The summed E-state index contributed by atoms with van der Waals surface area (Å²) in [4.78, 5) is 24.6. The third-order valence-electron chi connectivity index (χ3n) is 3.72. The number of thiophene rings is 1. The van der Waals surface area contributed by atoms with Crippen LogP contribution in [0.1, 0.15) is 29.9 Å². The van der Waals surface area contributed by atoms with Crippen molar-refractivity contribution >= 4 is 27.8 Å². The predicted molar refractivity (Wildman–Crippen MR) is 77.8 cm³/mol. The van der Waals surface area contributed by atoms with E-state index < -0.39 is 4.92 Å². The predicted octanol–water partition coefficient (Wildman–Crippen LogP) is 2.72. The van der Waals surface area contributed by atoms with Crippen molar-refractivity contribution in [3.05, 3.63) is 21.1 Å². The van der Waals surface area contributed by atoms with E-state index in [1.165, 1.54) is 24.3 Å². The minimum absolute atomic E-state index is 0.0182. The maximum absolute atomic E-state index is 11.4. The number of hydrogen-bond donors (Lipinski definition) is 0. The van der Waals surface area contributed by atoms with E-state index in [1.54, 1.807) is 7.11 Å². The number of nitro groups is 1. The molecule has 20 heavy (non-hydrogen) atoms. The van der Waals surface area contributed by atoms with Gasteiger partial charge in [0.15, 0.2) is 10.8 Å². The van der Waals surface area contributed by atoms with E-state index in [0.717, 1.165) is 13.0 Å². The van der Waals surface area contributed by atoms with Crippen molar-refractivity contribution in [1.82, 2.24) is 0 Å². The van der Waals surface area contributed by atoms with E-state index in [4.69, 9.17) is 4.74 Å². The van der Waals surface area contributed by atoms with Crippen LogP contribution in [0.15, 0.2) is 6.07 Å². The van der Waals surface area contributed by atoms with E-state index in [0.29, 0.717) is 22.3 Å². The van der Waals surface area contributed by atoms with Gasteiger partial charge in [-0.05, 0) is 19.3 Å². The molecule has 2 unspecified atom stereocenters. The Morgan fingerprint density at radius 2 is 2.30 bits per heavy atom. The Morgan fingerprint density at radius 1 is 1.60 bits per heavy atom. The summed E-state index contributed by atoms with van der Waals surface area (Å²) in [6.45, 7) is 4.92. The van der Waals surface area contributed by atoms with Gasteiger partial charge in [-0.1, -0.05) is 6.92 Å². The van der Waals surface area contributed by atoms with E-state index in [2.05, 4.69) is 6.92 Å². The van der Waals surface area contributed by atoms with Gasteiger partial charge >= 0.3 is 5.69 Å². The van der Waals surface area contributed by atoms with Crippen LogP contribution in [0, 0.1) is 16.0 Å². The van der Waals surface area contributed by atoms with Crippen LogP contribution in [0.2, 0.25) is 0 Å². The van der Waals surface area contributed by atoms with Crippen LogP contribution in [0.3, 0.4) is 0 Å². The van der Waals surface area contributed by atoms with E-state index >= 15 is 0 Å². The van der Waals surface area contributed by atoms with Gasteiger partial charge in [-0.3, -0.25) is 14.9 Å². The van der Waals surface area contributed by atoms with E-state index in [1.807, 2.05) is 4.90 Å². The van der Waals surface area contributed by atoms with Crippen molar-refractivity contribution < 1.29 is 14.5 Å². The molecule has 2 heterocycles. The molecule has 0 aliphatic carbocycles. The summed E-state index contributed by atoms with van der Waals surface area (Å²) < 4.78 is 5.44. The first-order chi connectivity index (χ1) is 9.43. The van der Waals surface area contributed by atoms with Crippen LogP contribution in [0.5, 0.6) is 0 Å². The molecule has 0 aromatic carbocycles. The molecule has 1 aromatic heterocycles. The normalized spacial score (nSPS) is 22.9. The molecule has 0 bridgehead atoms. The molecule has 1 aromatic rings. The lowest BCUT2D eigenvalue weighted by atomic mass is 9.96. The minimum atomic E-state index is -0.419. The first kappa shape index (κ1) is 14.9. The van der Waals surface area contributed by atoms with Crippen LogP contribution in [0.4, 0.5) is 10.7 Å². The van der Waals surface area contributed by atoms with E-state index in [-0.39, 0.29) is 17.6 Å². The molecule has 1 aliphatic rings. The molecule has 1 aliphatic heterocycles. The lowest BCUT2D eigenvalue weighted by molar-refractivity contribution is -0.383. The summed E-state index contributed by atoms with van der Waals surface area (Å²) >= 11 is 1.20. The smallest absolute Gasteiger partial charge is 0.304 e.